The highest BCUT2D eigenvalue weighted by Crippen LogP contribution is 2.13. The van der Waals surface area contributed by atoms with Crippen LogP contribution in [0.15, 0.2) is 18.7 Å². The Morgan fingerprint density at radius 2 is 0.818 bits per heavy atom. The van der Waals surface area contributed by atoms with Gasteiger partial charge in [0.05, 0.1) is 13.1 Å². The molecular weight excluding hydrogens is 400 g/mol. The van der Waals surface area contributed by atoms with Gasteiger partial charge in [-0.3, -0.25) is 0 Å². The minimum atomic E-state index is 1.20. The average molecular weight is 462 g/mol. The van der Waals surface area contributed by atoms with Gasteiger partial charge >= 0.3 is 0 Å². The Kier molecular flexibility index (Phi) is 22.3. The minimum Gasteiger partial charge on any atom is -0.237 e. The lowest BCUT2D eigenvalue weighted by Crippen LogP contribution is -2.30. The maximum Gasteiger partial charge on any atom is 0.243 e. The second-order valence-electron chi connectivity index (χ2n) is 10.7. The number of imidazole rings is 1. The van der Waals surface area contributed by atoms with E-state index in [1.165, 1.54) is 167 Å². The lowest BCUT2D eigenvalue weighted by Gasteiger charge is -2.02. The van der Waals surface area contributed by atoms with Gasteiger partial charge in [-0.2, -0.15) is 0 Å². The smallest absolute Gasteiger partial charge is 0.237 e. The molecule has 0 aliphatic carbocycles. The van der Waals surface area contributed by atoms with Gasteiger partial charge in [0.25, 0.3) is 0 Å². The summed E-state index contributed by atoms with van der Waals surface area (Å²) in [7, 11) is 0. The van der Waals surface area contributed by atoms with E-state index < -0.39 is 0 Å². The zero-order valence-corrected chi connectivity index (χ0v) is 23.0. The summed E-state index contributed by atoms with van der Waals surface area (Å²) in [5, 5.41) is 0. The van der Waals surface area contributed by atoms with Gasteiger partial charge < -0.3 is 0 Å². The van der Waals surface area contributed by atoms with Crippen molar-refractivity contribution in [3.8, 4) is 0 Å². The lowest BCUT2D eigenvalue weighted by molar-refractivity contribution is -0.696. The van der Waals surface area contributed by atoms with Crippen molar-refractivity contribution in [3.63, 3.8) is 0 Å². The van der Waals surface area contributed by atoms with Crippen molar-refractivity contribution in [2.45, 2.75) is 181 Å². The molecule has 0 spiro atoms. The molecule has 0 unspecified atom stereocenters. The van der Waals surface area contributed by atoms with Crippen LogP contribution < -0.4 is 4.57 Å². The van der Waals surface area contributed by atoms with Gasteiger partial charge in [-0.15, -0.1) is 0 Å². The standard InChI is InChI=1S/C31H61N2/c1-3-5-7-9-11-13-15-17-19-21-23-25-27-32-29-30-33(31-32)28-26-24-22-20-18-16-14-12-10-8-6-4-2/h29-31H,3-28H2,1-2H3/q+1. The van der Waals surface area contributed by atoms with Crippen molar-refractivity contribution in [3.05, 3.63) is 18.7 Å². The monoisotopic (exact) mass is 461 g/mol. The summed E-state index contributed by atoms with van der Waals surface area (Å²) in [4.78, 5) is 0. The molecule has 0 aliphatic rings. The summed E-state index contributed by atoms with van der Waals surface area (Å²) in [5.41, 5.74) is 0. The van der Waals surface area contributed by atoms with Crippen molar-refractivity contribution >= 4 is 0 Å². The molecule has 1 aromatic rings. The van der Waals surface area contributed by atoms with Crippen LogP contribution >= 0.6 is 0 Å². The molecule has 0 N–H and O–H groups in total. The molecule has 1 rings (SSSR count). The second kappa shape index (κ2) is 24.3. The predicted octanol–water partition coefficient (Wildman–Crippen LogP) is 10.2. The first-order valence-corrected chi connectivity index (χ1v) is 15.4. The molecule has 2 nitrogen and oxygen atoms in total. The molecule has 194 valence electrons. The molecule has 0 radical (unpaired) electrons. The Bertz CT molecular complexity index is 450. The zero-order valence-electron chi connectivity index (χ0n) is 23.0. The van der Waals surface area contributed by atoms with Gasteiger partial charge in [-0.1, -0.05) is 142 Å². The van der Waals surface area contributed by atoms with Crippen molar-refractivity contribution in [2.75, 3.05) is 0 Å². The average Bonchev–Trinajstić information content (AvgIpc) is 3.28. The summed E-state index contributed by atoms with van der Waals surface area (Å²) in [6, 6.07) is 0. The summed E-state index contributed by atoms with van der Waals surface area (Å²) in [6.45, 7) is 6.99. The first-order valence-electron chi connectivity index (χ1n) is 15.4. The van der Waals surface area contributed by atoms with Crippen LogP contribution in [-0.4, -0.2) is 4.57 Å². The fourth-order valence-electron chi connectivity index (χ4n) is 4.97. The SMILES string of the molecule is CCCCCCCCCCCCCCn1cc[n+](CCCCCCCCCCCCCC)c1. The van der Waals surface area contributed by atoms with E-state index in [1.807, 2.05) is 0 Å². The van der Waals surface area contributed by atoms with Crippen LogP contribution in [0.3, 0.4) is 0 Å². The molecule has 1 heterocycles. The molecule has 0 fully saturated rings. The van der Waals surface area contributed by atoms with E-state index in [-0.39, 0.29) is 0 Å². The van der Waals surface area contributed by atoms with Crippen LogP contribution in [0.1, 0.15) is 168 Å². The van der Waals surface area contributed by atoms with E-state index in [0.717, 1.165) is 0 Å². The predicted molar refractivity (Wildman–Crippen MR) is 147 cm³/mol. The zero-order chi connectivity index (χ0) is 23.7. The van der Waals surface area contributed by atoms with E-state index in [4.69, 9.17) is 0 Å². The van der Waals surface area contributed by atoms with E-state index in [2.05, 4.69) is 41.7 Å². The third-order valence-corrected chi connectivity index (χ3v) is 7.29. The number of hydrogen-bond donors (Lipinski definition) is 0. The number of aryl methyl sites for hydroxylation is 2. The maximum atomic E-state index is 2.40. The topological polar surface area (TPSA) is 8.81 Å². The Morgan fingerprint density at radius 3 is 1.24 bits per heavy atom. The Morgan fingerprint density at radius 1 is 0.455 bits per heavy atom. The van der Waals surface area contributed by atoms with Crippen molar-refractivity contribution in [2.24, 2.45) is 0 Å². The molecule has 1 aromatic heterocycles. The fraction of sp³-hybridized carbons (Fsp3) is 0.903. The highest BCUT2D eigenvalue weighted by molar-refractivity contribution is 4.66. The number of unbranched alkanes of at least 4 members (excludes halogenated alkanes) is 22. The lowest BCUT2D eigenvalue weighted by atomic mass is 10.1. The highest BCUT2D eigenvalue weighted by atomic mass is 15.1. The highest BCUT2D eigenvalue weighted by Gasteiger charge is 2.03. The molecular formula is C31H61N2+. The summed E-state index contributed by atoms with van der Waals surface area (Å²) in [6.07, 6.45) is 41.2. The molecule has 0 atom stereocenters. The molecule has 33 heavy (non-hydrogen) atoms. The van der Waals surface area contributed by atoms with Crippen molar-refractivity contribution in [1.29, 1.82) is 0 Å². The van der Waals surface area contributed by atoms with Crippen LogP contribution in [-0.2, 0) is 13.1 Å². The van der Waals surface area contributed by atoms with Crippen LogP contribution in [0.25, 0.3) is 0 Å². The van der Waals surface area contributed by atoms with E-state index >= 15 is 0 Å². The van der Waals surface area contributed by atoms with Crippen molar-refractivity contribution in [1.82, 2.24) is 4.57 Å². The first kappa shape index (κ1) is 30.2. The van der Waals surface area contributed by atoms with E-state index in [1.54, 1.807) is 0 Å². The van der Waals surface area contributed by atoms with Crippen LogP contribution in [0, 0.1) is 0 Å². The molecule has 0 bridgehead atoms. The third kappa shape index (κ3) is 20.3. The molecule has 2 heteroatoms. The maximum absolute atomic E-state index is 2.40. The quantitative estimate of drug-likeness (QED) is 0.0958. The van der Waals surface area contributed by atoms with E-state index in [0.29, 0.717) is 0 Å². The van der Waals surface area contributed by atoms with Gasteiger partial charge in [0.2, 0.25) is 6.33 Å². The first-order chi connectivity index (χ1) is 16.4. The Hall–Kier alpha value is -0.790. The molecule has 0 saturated carbocycles. The normalized spacial score (nSPS) is 11.5. The number of aromatic nitrogens is 2. The van der Waals surface area contributed by atoms with Gasteiger partial charge in [0, 0.05) is 0 Å². The van der Waals surface area contributed by atoms with Crippen LogP contribution in [0.5, 0.6) is 0 Å². The number of rotatable bonds is 26. The van der Waals surface area contributed by atoms with Gasteiger partial charge in [0.15, 0.2) is 0 Å². The largest absolute Gasteiger partial charge is 0.243 e. The molecule has 0 aromatic carbocycles. The van der Waals surface area contributed by atoms with Crippen LogP contribution in [0.2, 0.25) is 0 Å². The third-order valence-electron chi connectivity index (χ3n) is 7.29. The summed E-state index contributed by atoms with van der Waals surface area (Å²) < 4.78 is 4.80. The second-order valence-corrected chi connectivity index (χ2v) is 10.7. The van der Waals surface area contributed by atoms with Gasteiger partial charge in [-0.05, 0) is 25.7 Å². The summed E-state index contributed by atoms with van der Waals surface area (Å²) in [5.74, 6) is 0. The summed E-state index contributed by atoms with van der Waals surface area (Å²) >= 11 is 0. The minimum absolute atomic E-state index is 1.20. The number of hydrogen-bond acceptors (Lipinski definition) is 0. The fourth-order valence-corrected chi connectivity index (χ4v) is 4.97. The Labute approximate surface area is 208 Å². The molecule has 0 saturated heterocycles. The van der Waals surface area contributed by atoms with Gasteiger partial charge in [0.1, 0.15) is 12.4 Å². The molecule has 0 aliphatic heterocycles. The van der Waals surface area contributed by atoms with Crippen LogP contribution in [0.4, 0.5) is 0 Å². The Balaban J connectivity index is 1.84. The van der Waals surface area contributed by atoms with Gasteiger partial charge in [-0.25, -0.2) is 9.13 Å². The number of nitrogens with zero attached hydrogens (tertiary/aromatic N) is 2. The van der Waals surface area contributed by atoms with E-state index in [9.17, 15) is 0 Å². The van der Waals surface area contributed by atoms with Crippen molar-refractivity contribution < 1.29 is 4.57 Å². The molecule has 0 amide bonds.